The Labute approximate surface area is 198 Å². The highest BCUT2D eigenvalue weighted by Crippen LogP contribution is 2.17. The molecule has 0 heterocycles. The highest BCUT2D eigenvalue weighted by atomic mass is 14.7. The number of hydrogen-bond donors (Lipinski definition) is 0. The van der Waals surface area contributed by atoms with E-state index in [9.17, 15) is 0 Å². The second-order valence-electron chi connectivity index (χ2n) is 9.37. The minimum atomic E-state index is 1.04. The first kappa shape index (κ1) is 26.4. The normalized spacial score (nSPS) is 11.4. The number of hydrogen-bond acceptors (Lipinski definition) is 1. The third-order valence-electron chi connectivity index (χ3n) is 6.51. The van der Waals surface area contributed by atoms with Gasteiger partial charge in [-0.1, -0.05) is 134 Å². The fraction of sp³-hybridized carbons (Fsp3) is 0.581. The molecule has 2 rings (SSSR count). The first-order valence-electron chi connectivity index (χ1n) is 13.5. The van der Waals surface area contributed by atoms with Crippen LogP contribution < -0.4 is 0 Å². The Morgan fingerprint density at radius 1 is 0.531 bits per heavy atom. The van der Waals surface area contributed by atoms with Crippen molar-refractivity contribution in [2.45, 2.75) is 117 Å². The van der Waals surface area contributed by atoms with E-state index in [-0.39, 0.29) is 0 Å². The molecule has 0 unspecified atom stereocenters. The zero-order valence-electron chi connectivity index (χ0n) is 21.0. The van der Waals surface area contributed by atoms with Gasteiger partial charge >= 0.3 is 0 Å². The third kappa shape index (κ3) is 12.2. The van der Waals surface area contributed by atoms with Gasteiger partial charge in [-0.15, -0.1) is 0 Å². The summed E-state index contributed by atoms with van der Waals surface area (Å²) < 4.78 is 0. The molecule has 0 aliphatic carbocycles. The molecule has 0 aliphatic rings. The van der Waals surface area contributed by atoms with E-state index in [0.717, 1.165) is 17.7 Å². The Bertz CT molecular complexity index is 711. The van der Waals surface area contributed by atoms with Crippen LogP contribution in [-0.4, -0.2) is 6.21 Å². The van der Waals surface area contributed by atoms with Crippen molar-refractivity contribution in [1.82, 2.24) is 0 Å². The summed E-state index contributed by atoms with van der Waals surface area (Å²) in [6, 6.07) is 17.4. The van der Waals surface area contributed by atoms with E-state index >= 15 is 0 Å². The van der Waals surface area contributed by atoms with Crippen molar-refractivity contribution in [2.75, 3.05) is 0 Å². The van der Waals surface area contributed by atoms with Crippen LogP contribution in [0.4, 0.5) is 5.69 Å². The van der Waals surface area contributed by atoms with Crippen molar-refractivity contribution < 1.29 is 0 Å². The zero-order valence-corrected chi connectivity index (χ0v) is 21.0. The Balaban J connectivity index is 1.47. The van der Waals surface area contributed by atoms with E-state index < -0.39 is 0 Å². The van der Waals surface area contributed by atoms with Gasteiger partial charge in [0.2, 0.25) is 0 Å². The van der Waals surface area contributed by atoms with Crippen molar-refractivity contribution in [3.63, 3.8) is 0 Å². The fourth-order valence-electron chi connectivity index (χ4n) is 4.26. The van der Waals surface area contributed by atoms with Crippen LogP contribution in [0, 0.1) is 0 Å². The van der Waals surface area contributed by atoms with E-state index in [1.54, 1.807) is 0 Å². The zero-order chi connectivity index (χ0) is 22.7. The van der Waals surface area contributed by atoms with E-state index in [4.69, 9.17) is 0 Å². The molecule has 32 heavy (non-hydrogen) atoms. The lowest BCUT2D eigenvalue weighted by Crippen LogP contribution is -1.87. The molecule has 0 aromatic heterocycles. The number of benzene rings is 2. The summed E-state index contributed by atoms with van der Waals surface area (Å²) in [5.74, 6) is 0. The first-order chi connectivity index (χ1) is 15.8. The molecule has 0 fully saturated rings. The SMILES string of the molecule is CCCCCCCCCCCCCCCCc1ccc(N=Cc2ccc(CC)cc2)cc1. The topological polar surface area (TPSA) is 12.4 Å². The van der Waals surface area contributed by atoms with Gasteiger partial charge in [-0.2, -0.15) is 0 Å². The van der Waals surface area contributed by atoms with Gasteiger partial charge in [-0.25, -0.2) is 0 Å². The predicted molar refractivity (Wildman–Crippen MR) is 144 cm³/mol. The van der Waals surface area contributed by atoms with Gasteiger partial charge in [-0.3, -0.25) is 4.99 Å². The summed E-state index contributed by atoms with van der Waals surface area (Å²) in [5.41, 5.74) is 5.01. The lowest BCUT2D eigenvalue weighted by molar-refractivity contribution is 0.535. The number of nitrogens with zero attached hydrogens (tertiary/aromatic N) is 1. The first-order valence-corrected chi connectivity index (χ1v) is 13.5. The maximum Gasteiger partial charge on any atom is 0.0630 e. The molecule has 0 bridgehead atoms. The summed E-state index contributed by atoms with van der Waals surface area (Å²) in [6.07, 6.45) is 24.1. The van der Waals surface area contributed by atoms with Crippen LogP contribution in [0.15, 0.2) is 53.5 Å². The van der Waals surface area contributed by atoms with Crippen LogP contribution in [0.25, 0.3) is 0 Å². The minimum absolute atomic E-state index is 1.04. The molecule has 0 saturated carbocycles. The monoisotopic (exact) mass is 433 g/mol. The molecule has 0 saturated heterocycles. The molecule has 0 amide bonds. The molecular formula is C31H47N. The lowest BCUT2D eigenvalue weighted by Gasteiger charge is -2.04. The highest BCUT2D eigenvalue weighted by molar-refractivity contribution is 5.81. The standard InChI is InChI=1S/C31H47N/c1-3-5-6-7-8-9-10-11-12-13-14-15-16-17-18-29-23-25-31(26-24-29)32-27-30-21-19-28(4-2)20-22-30/h19-27H,3-18H2,1-2H3. The van der Waals surface area contributed by atoms with Crippen molar-refractivity contribution in [1.29, 1.82) is 0 Å². The summed E-state index contributed by atoms with van der Waals surface area (Å²) in [4.78, 5) is 4.62. The highest BCUT2D eigenvalue weighted by Gasteiger charge is 1.97. The smallest absolute Gasteiger partial charge is 0.0630 e. The van der Waals surface area contributed by atoms with Crippen molar-refractivity contribution in [3.05, 3.63) is 65.2 Å². The van der Waals surface area contributed by atoms with Crippen LogP contribution in [0.5, 0.6) is 0 Å². The number of unbranched alkanes of at least 4 members (excludes halogenated alkanes) is 13. The Morgan fingerprint density at radius 2 is 1.00 bits per heavy atom. The van der Waals surface area contributed by atoms with Gasteiger partial charge in [0.25, 0.3) is 0 Å². The summed E-state index contributed by atoms with van der Waals surface area (Å²) in [5, 5.41) is 0. The van der Waals surface area contributed by atoms with Gasteiger partial charge in [-0.05, 0) is 48.1 Å². The Kier molecular flexibility index (Phi) is 14.5. The van der Waals surface area contributed by atoms with E-state index in [1.165, 1.54) is 107 Å². The molecule has 2 aromatic carbocycles. The van der Waals surface area contributed by atoms with Crippen LogP contribution in [0.1, 0.15) is 120 Å². The van der Waals surface area contributed by atoms with Crippen LogP contribution in [0.2, 0.25) is 0 Å². The quantitative estimate of drug-likeness (QED) is 0.164. The van der Waals surface area contributed by atoms with Gasteiger partial charge in [0.05, 0.1) is 5.69 Å². The number of rotatable bonds is 18. The molecule has 0 atom stereocenters. The average molecular weight is 434 g/mol. The minimum Gasteiger partial charge on any atom is -0.256 e. The maximum atomic E-state index is 4.62. The van der Waals surface area contributed by atoms with E-state index in [2.05, 4.69) is 67.4 Å². The van der Waals surface area contributed by atoms with Gasteiger partial charge < -0.3 is 0 Å². The second-order valence-corrected chi connectivity index (χ2v) is 9.37. The van der Waals surface area contributed by atoms with E-state index in [0.29, 0.717) is 0 Å². The van der Waals surface area contributed by atoms with Crippen molar-refractivity contribution >= 4 is 11.9 Å². The summed E-state index contributed by atoms with van der Waals surface area (Å²) in [6.45, 7) is 4.48. The molecule has 1 heteroatoms. The third-order valence-corrected chi connectivity index (χ3v) is 6.51. The molecular weight excluding hydrogens is 386 g/mol. The predicted octanol–water partition coefficient (Wildman–Crippen LogP) is 10.0. The molecule has 0 radical (unpaired) electrons. The summed E-state index contributed by atoms with van der Waals surface area (Å²) >= 11 is 0. The molecule has 1 nitrogen and oxygen atoms in total. The van der Waals surface area contributed by atoms with E-state index in [1.807, 2.05) is 6.21 Å². The largest absolute Gasteiger partial charge is 0.256 e. The average Bonchev–Trinajstić information content (AvgIpc) is 2.84. The van der Waals surface area contributed by atoms with Crippen molar-refractivity contribution in [2.24, 2.45) is 4.99 Å². The van der Waals surface area contributed by atoms with Crippen LogP contribution in [0.3, 0.4) is 0 Å². The Hall–Kier alpha value is -1.89. The summed E-state index contributed by atoms with van der Waals surface area (Å²) in [7, 11) is 0. The van der Waals surface area contributed by atoms with Gasteiger partial charge in [0.15, 0.2) is 0 Å². The lowest BCUT2D eigenvalue weighted by atomic mass is 10.0. The van der Waals surface area contributed by atoms with Crippen molar-refractivity contribution in [3.8, 4) is 0 Å². The van der Waals surface area contributed by atoms with Crippen LogP contribution >= 0.6 is 0 Å². The maximum absolute atomic E-state index is 4.62. The van der Waals surface area contributed by atoms with Gasteiger partial charge in [0, 0.05) is 6.21 Å². The Morgan fingerprint density at radius 3 is 1.50 bits per heavy atom. The molecule has 0 aliphatic heterocycles. The van der Waals surface area contributed by atoms with Crippen LogP contribution in [-0.2, 0) is 12.8 Å². The number of aliphatic imine (C=N–C) groups is 1. The molecule has 2 aromatic rings. The second kappa shape index (κ2) is 17.6. The molecule has 0 spiro atoms. The van der Waals surface area contributed by atoms with Gasteiger partial charge in [0.1, 0.15) is 0 Å². The fourth-order valence-corrected chi connectivity index (χ4v) is 4.26. The molecule has 176 valence electrons. The number of aryl methyl sites for hydroxylation is 2. The molecule has 0 N–H and O–H groups in total.